The van der Waals surface area contributed by atoms with Crippen LogP contribution in [0, 0.1) is 37.0 Å². The van der Waals surface area contributed by atoms with E-state index in [1.54, 1.807) is 51.1 Å². The molecule has 0 fully saturated rings. The summed E-state index contributed by atoms with van der Waals surface area (Å²) in [7, 11) is 1.50. The smallest absolute Gasteiger partial charge is 0.226 e. The quantitative estimate of drug-likeness (QED) is 0.0610. The first-order valence-corrected chi connectivity index (χ1v) is 22.9. The molecule has 14 nitrogen and oxygen atoms in total. The van der Waals surface area contributed by atoms with Crippen molar-refractivity contribution in [3.63, 3.8) is 0 Å². The highest BCUT2D eigenvalue weighted by molar-refractivity contribution is 6.01. The van der Waals surface area contributed by atoms with Crippen LogP contribution < -0.4 is 21.5 Å². The Bertz CT molecular complexity index is 2430. The Labute approximate surface area is 388 Å². The molecule has 4 atom stereocenters. The zero-order chi connectivity index (χ0) is 48.3. The predicted molar refractivity (Wildman–Crippen MR) is 253 cm³/mol. The number of likely N-dealkylation sites (N-methyl/N-ethyl adjacent to an activating group) is 1. The van der Waals surface area contributed by atoms with Crippen molar-refractivity contribution in [3.05, 3.63) is 94.3 Å². The van der Waals surface area contributed by atoms with Crippen LogP contribution in [0.2, 0.25) is 0 Å². The summed E-state index contributed by atoms with van der Waals surface area (Å²) in [4.78, 5) is 81.6. The molecule has 0 spiro atoms. The average Bonchev–Trinajstić information content (AvgIpc) is 3.27. The number of aryl methyl sites for hydroxylation is 2. The van der Waals surface area contributed by atoms with Crippen molar-refractivity contribution in [1.82, 2.24) is 20.2 Å². The third-order valence-corrected chi connectivity index (χ3v) is 12.3. The van der Waals surface area contributed by atoms with Gasteiger partial charge in [0.15, 0.2) is 23.2 Å². The van der Waals surface area contributed by atoms with E-state index in [9.17, 15) is 34.3 Å². The summed E-state index contributed by atoms with van der Waals surface area (Å²) in [6, 6.07) is 17.7. The highest BCUT2D eigenvalue weighted by Crippen LogP contribution is 2.40. The summed E-state index contributed by atoms with van der Waals surface area (Å²) in [6.07, 6.45) is 1.93. The van der Waals surface area contributed by atoms with Gasteiger partial charge in [-0.2, -0.15) is 5.26 Å². The van der Waals surface area contributed by atoms with Crippen molar-refractivity contribution in [3.8, 4) is 40.1 Å². The number of carbonyl (C=O) groups excluding carboxylic acids is 5. The molecule has 6 N–H and O–H groups in total. The van der Waals surface area contributed by atoms with Crippen LogP contribution in [-0.2, 0) is 31.0 Å². The molecule has 0 unspecified atom stereocenters. The van der Waals surface area contributed by atoms with Crippen LogP contribution in [0.1, 0.15) is 124 Å². The second kappa shape index (κ2) is 22.7. The fraction of sp³-hybridized carbons (Fsp3) is 0.462. The normalized spacial score (nSPS) is 16.9. The minimum atomic E-state index is -1.25. The number of phenols is 1. The number of ether oxygens (including phenoxy) is 1. The van der Waals surface area contributed by atoms with Crippen LogP contribution in [0.3, 0.4) is 0 Å². The number of ketones is 3. The SMILES string of the molecule is Cc1nc(-c2ccc(C(C)(C)C)cc2)nc(C)c1C(=O)C[C@@H](CCN)C(=O)N(C)[C@@H]1C(=O)C[C@@H](C)C(=O)N[C@H](C(=O)CCC#N)Cc2ccc(O)c(c2)-c2cc1ccc2OCCCCCN. The van der Waals surface area contributed by atoms with E-state index in [-0.39, 0.29) is 67.8 Å². The van der Waals surface area contributed by atoms with Crippen LogP contribution >= 0.6 is 0 Å². The van der Waals surface area contributed by atoms with Gasteiger partial charge in [-0.3, -0.25) is 24.0 Å². The van der Waals surface area contributed by atoms with Gasteiger partial charge in [-0.25, -0.2) is 9.97 Å². The molecular weight excluding hydrogens is 835 g/mol. The number of benzene rings is 3. The van der Waals surface area contributed by atoms with Crippen LogP contribution in [0.4, 0.5) is 0 Å². The Morgan fingerprint density at radius 2 is 1.64 bits per heavy atom. The maximum Gasteiger partial charge on any atom is 0.226 e. The number of unbranched alkanes of at least 4 members (excludes halogenated alkanes) is 2. The number of Topliss-reactive ketones (excluding diaryl/α,β-unsaturated/α-hetero) is 3. The minimum absolute atomic E-state index is 0.0305. The largest absolute Gasteiger partial charge is 0.507 e. The van der Waals surface area contributed by atoms with Crippen molar-refractivity contribution >= 4 is 29.2 Å². The molecule has 3 aromatic carbocycles. The zero-order valence-electron chi connectivity index (χ0n) is 39.4. The Morgan fingerprint density at radius 3 is 2.27 bits per heavy atom. The van der Waals surface area contributed by atoms with E-state index in [0.29, 0.717) is 63.9 Å². The number of nitrogens with zero attached hydrogens (tertiary/aromatic N) is 4. The molecule has 0 aliphatic carbocycles. The van der Waals surface area contributed by atoms with E-state index in [0.717, 1.165) is 30.4 Å². The first-order chi connectivity index (χ1) is 31.4. The first kappa shape index (κ1) is 50.7. The Kier molecular flexibility index (Phi) is 17.5. The molecule has 4 bridgehead atoms. The molecule has 14 heteroatoms. The lowest BCUT2D eigenvalue weighted by atomic mass is 9.86. The van der Waals surface area contributed by atoms with Gasteiger partial charge in [0.05, 0.1) is 35.7 Å². The predicted octanol–water partition coefficient (Wildman–Crippen LogP) is 7.18. The lowest BCUT2D eigenvalue weighted by Gasteiger charge is -2.32. The van der Waals surface area contributed by atoms with E-state index in [4.69, 9.17) is 26.2 Å². The van der Waals surface area contributed by atoms with Gasteiger partial charge in [0.2, 0.25) is 11.8 Å². The number of hydrogen-bond donors (Lipinski definition) is 4. The van der Waals surface area contributed by atoms with Crippen molar-refractivity contribution in [2.24, 2.45) is 23.3 Å². The van der Waals surface area contributed by atoms with Gasteiger partial charge in [-0.05, 0) is 105 Å². The highest BCUT2D eigenvalue weighted by atomic mass is 16.5. The van der Waals surface area contributed by atoms with Gasteiger partial charge in [0.25, 0.3) is 0 Å². The standard InChI is InChI=1S/C52H65N7O7/c1-31-26-45(63)48(59(7)51(65)37(21-24-55)30-44(62)47-32(2)56-49(57-33(47)3)35-14-17-38(18-15-35)52(4,5)6)36-16-20-46(66-25-10-8-9-22-53)40(29-36)39-27-34(13-19-42(39)60)28-41(58-50(31)64)43(61)12-11-23-54/h13-20,27,29,31,37,41,48,60H,8-12,21-22,24-26,28,30,53,55H2,1-7H3,(H,58,64)/t31-,37-,41+,48+/m1/s1. The van der Waals surface area contributed by atoms with Gasteiger partial charge < -0.3 is 31.5 Å². The number of nitrogens with two attached hydrogens (primary N) is 2. The number of amides is 2. The van der Waals surface area contributed by atoms with Gasteiger partial charge in [-0.15, -0.1) is 0 Å². The third-order valence-electron chi connectivity index (χ3n) is 12.3. The van der Waals surface area contributed by atoms with Crippen LogP contribution in [-0.4, -0.2) is 81.9 Å². The van der Waals surface area contributed by atoms with Gasteiger partial charge in [0.1, 0.15) is 17.5 Å². The number of nitrogens with one attached hydrogen (secondary N) is 1. The first-order valence-electron chi connectivity index (χ1n) is 22.9. The molecule has 350 valence electrons. The summed E-state index contributed by atoms with van der Waals surface area (Å²) in [6.45, 7) is 12.5. The van der Waals surface area contributed by atoms with E-state index in [2.05, 4.69) is 26.1 Å². The van der Waals surface area contributed by atoms with Crippen LogP contribution in [0.5, 0.6) is 11.5 Å². The summed E-state index contributed by atoms with van der Waals surface area (Å²) < 4.78 is 6.29. The Morgan fingerprint density at radius 1 is 0.939 bits per heavy atom. The van der Waals surface area contributed by atoms with Crippen molar-refractivity contribution in [2.75, 3.05) is 26.7 Å². The molecule has 2 amide bonds. The van der Waals surface area contributed by atoms with Crippen molar-refractivity contribution in [2.45, 2.75) is 117 Å². The lowest BCUT2D eigenvalue weighted by molar-refractivity contribution is -0.142. The number of rotatable bonds is 17. The molecule has 1 aliphatic rings. The number of fused-ring (bicyclic) bond motifs is 5. The summed E-state index contributed by atoms with van der Waals surface area (Å²) in [5, 5.41) is 23.4. The van der Waals surface area contributed by atoms with Crippen molar-refractivity contribution in [1.29, 1.82) is 5.26 Å². The fourth-order valence-electron chi connectivity index (χ4n) is 8.49. The lowest BCUT2D eigenvalue weighted by Crippen LogP contribution is -2.46. The third kappa shape index (κ3) is 12.5. The fourth-order valence-corrected chi connectivity index (χ4v) is 8.49. The van der Waals surface area contributed by atoms with Gasteiger partial charge >= 0.3 is 0 Å². The molecule has 0 saturated carbocycles. The summed E-state index contributed by atoms with van der Waals surface area (Å²) in [5.74, 6) is -3.28. The Balaban J connectivity index is 1.54. The number of aromatic hydroxyl groups is 1. The number of nitriles is 1. The molecule has 5 rings (SSSR count). The Hall–Kier alpha value is -6.30. The maximum atomic E-state index is 14.8. The van der Waals surface area contributed by atoms with Gasteiger partial charge in [-0.1, -0.05) is 64.1 Å². The summed E-state index contributed by atoms with van der Waals surface area (Å²) >= 11 is 0. The molecule has 66 heavy (non-hydrogen) atoms. The molecule has 1 aromatic heterocycles. The molecule has 0 saturated heterocycles. The van der Waals surface area contributed by atoms with Crippen molar-refractivity contribution < 1.29 is 33.8 Å². The topological polar surface area (TPSA) is 232 Å². The molecule has 2 heterocycles. The monoisotopic (exact) mass is 899 g/mol. The van der Waals surface area contributed by atoms with E-state index in [1.807, 2.05) is 30.3 Å². The minimum Gasteiger partial charge on any atom is -0.507 e. The highest BCUT2D eigenvalue weighted by Gasteiger charge is 2.36. The second-order valence-electron chi connectivity index (χ2n) is 18.4. The van der Waals surface area contributed by atoms with Crippen LogP contribution in [0.25, 0.3) is 22.5 Å². The number of aromatic nitrogens is 2. The maximum absolute atomic E-state index is 14.8. The second-order valence-corrected chi connectivity index (χ2v) is 18.4. The van der Waals surface area contributed by atoms with E-state index < -0.39 is 41.5 Å². The van der Waals surface area contributed by atoms with Crippen LogP contribution in [0.15, 0.2) is 60.7 Å². The van der Waals surface area contributed by atoms with E-state index >= 15 is 0 Å². The average molecular weight is 900 g/mol. The molecule has 1 aliphatic heterocycles. The molecule has 0 radical (unpaired) electrons. The summed E-state index contributed by atoms with van der Waals surface area (Å²) in [5.41, 5.74) is 16.8. The number of carbonyl (C=O) groups is 5. The van der Waals surface area contributed by atoms with E-state index in [1.165, 1.54) is 18.0 Å². The van der Waals surface area contributed by atoms with Gasteiger partial charge in [0, 0.05) is 61.3 Å². The molecule has 4 aromatic rings. The number of hydrogen-bond acceptors (Lipinski definition) is 12. The zero-order valence-corrected chi connectivity index (χ0v) is 39.4. The molecular formula is C52H65N7O7. The number of phenolic OH excluding ortho intramolecular Hbond substituents is 1.